The Morgan fingerprint density at radius 3 is 2.05 bits per heavy atom. The molecule has 98 valence electrons. The van der Waals surface area contributed by atoms with Crippen LogP contribution in [0.25, 0.3) is 0 Å². The third-order valence-corrected chi connectivity index (χ3v) is 2.63. The first-order chi connectivity index (χ1) is 9.06. The molecule has 0 radical (unpaired) electrons. The van der Waals surface area contributed by atoms with Gasteiger partial charge in [0.05, 0.1) is 0 Å². The smallest absolute Gasteiger partial charge is 0.127 e. The second kappa shape index (κ2) is 11.2. The van der Waals surface area contributed by atoms with Gasteiger partial charge < -0.3 is 0 Å². The molecular weight excluding hydrogens is 244 g/mol. The molecule has 0 aliphatic heterocycles. The molecule has 0 amide bonds. The van der Waals surface area contributed by atoms with E-state index in [-0.39, 0.29) is 0 Å². The third kappa shape index (κ3) is 16.1. The second-order valence-electron chi connectivity index (χ2n) is 4.94. The highest BCUT2D eigenvalue weighted by Crippen LogP contribution is 1.95. The van der Waals surface area contributed by atoms with E-state index in [2.05, 4.69) is 61.7 Å². The van der Waals surface area contributed by atoms with E-state index in [0.717, 1.165) is 12.8 Å². The van der Waals surface area contributed by atoms with Crippen LogP contribution in [0.4, 0.5) is 0 Å². The molecule has 0 spiro atoms. The van der Waals surface area contributed by atoms with Gasteiger partial charge in [0.25, 0.3) is 0 Å². The zero-order valence-corrected chi connectivity index (χ0v) is 13.4. The first-order valence-corrected chi connectivity index (χ1v) is 10.1. The van der Waals surface area contributed by atoms with E-state index in [1.165, 1.54) is 0 Å². The zero-order valence-electron chi connectivity index (χ0n) is 12.4. The van der Waals surface area contributed by atoms with Crippen molar-refractivity contribution < 1.29 is 0 Å². The van der Waals surface area contributed by atoms with E-state index in [9.17, 15) is 0 Å². The number of hydrogen-bond donors (Lipinski definition) is 0. The monoisotopic (exact) mass is 266 g/mol. The van der Waals surface area contributed by atoms with Crippen molar-refractivity contribution in [3.05, 3.63) is 36.5 Å². The first kappa shape index (κ1) is 17.1. The molecule has 0 N–H and O–H groups in total. The van der Waals surface area contributed by atoms with Gasteiger partial charge >= 0.3 is 0 Å². The van der Waals surface area contributed by atoms with Crippen molar-refractivity contribution in [1.29, 1.82) is 0 Å². The minimum Gasteiger partial charge on any atom is -0.127 e. The van der Waals surface area contributed by atoms with E-state index in [1.807, 2.05) is 30.4 Å². The summed E-state index contributed by atoms with van der Waals surface area (Å²) in [7, 11) is -1.24. The van der Waals surface area contributed by atoms with Crippen LogP contribution in [0.15, 0.2) is 36.5 Å². The number of unbranched alkanes of at least 4 members (excludes halogenated alkanes) is 1. The molecule has 0 rings (SSSR count). The number of hydrogen-bond acceptors (Lipinski definition) is 0. The van der Waals surface area contributed by atoms with Crippen molar-refractivity contribution in [3.63, 3.8) is 0 Å². The zero-order chi connectivity index (χ0) is 14.4. The highest BCUT2D eigenvalue weighted by molar-refractivity contribution is 6.83. The summed E-state index contributed by atoms with van der Waals surface area (Å²) in [5.41, 5.74) is 3.27. The van der Waals surface area contributed by atoms with Gasteiger partial charge in [0.1, 0.15) is 8.07 Å². The molecular formula is C18H22Si. The standard InChI is InChI=1S/C18H22Si/c1-5-6-7-8-9-10-11-12-13-14-15-16-17-18-19(2,3)4/h11-16H,5-6H2,1-4H3/b12-11+,14-13+,16-15+. The Kier molecular flexibility index (Phi) is 10.1. The molecule has 0 aromatic rings. The van der Waals surface area contributed by atoms with E-state index >= 15 is 0 Å². The summed E-state index contributed by atoms with van der Waals surface area (Å²) < 4.78 is 0. The van der Waals surface area contributed by atoms with Crippen LogP contribution >= 0.6 is 0 Å². The van der Waals surface area contributed by atoms with Crippen LogP contribution < -0.4 is 0 Å². The van der Waals surface area contributed by atoms with Crippen molar-refractivity contribution in [3.8, 4) is 35.1 Å². The summed E-state index contributed by atoms with van der Waals surface area (Å²) in [6.45, 7) is 8.80. The summed E-state index contributed by atoms with van der Waals surface area (Å²) in [4.78, 5) is 0. The van der Waals surface area contributed by atoms with E-state index in [0.29, 0.717) is 0 Å². The Morgan fingerprint density at radius 2 is 1.47 bits per heavy atom. The quantitative estimate of drug-likeness (QED) is 0.405. The Morgan fingerprint density at radius 1 is 0.842 bits per heavy atom. The fourth-order valence-electron chi connectivity index (χ4n) is 0.903. The van der Waals surface area contributed by atoms with Crippen LogP contribution in [0.5, 0.6) is 0 Å². The fraction of sp³-hybridized carbons (Fsp3) is 0.333. The molecule has 19 heavy (non-hydrogen) atoms. The van der Waals surface area contributed by atoms with Crippen LogP contribution in [-0.2, 0) is 0 Å². The summed E-state index contributed by atoms with van der Waals surface area (Å²) >= 11 is 0. The summed E-state index contributed by atoms with van der Waals surface area (Å²) in [6.07, 6.45) is 13.4. The lowest BCUT2D eigenvalue weighted by Gasteiger charge is -2.01. The molecule has 0 bridgehead atoms. The minimum absolute atomic E-state index is 0.918. The Bertz CT molecular complexity index is 506. The van der Waals surface area contributed by atoms with E-state index < -0.39 is 8.07 Å². The Balaban J connectivity index is 4.01. The normalized spacial score (nSPS) is 10.7. The van der Waals surface area contributed by atoms with Gasteiger partial charge in [0.2, 0.25) is 0 Å². The predicted octanol–water partition coefficient (Wildman–Crippen LogP) is 4.34. The van der Waals surface area contributed by atoms with Crippen molar-refractivity contribution in [1.82, 2.24) is 0 Å². The SMILES string of the molecule is CCCC#CC#C/C=C/C=C/C=C/C#C[Si](C)(C)C. The van der Waals surface area contributed by atoms with Crippen LogP contribution in [0, 0.1) is 35.1 Å². The van der Waals surface area contributed by atoms with Crippen LogP contribution in [-0.4, -0.2) is 8.07 Å². The van der Waals surface area contributed by atoms with Gasteiger partial charge in [-0.25, -0.2) is 0 Å². The van der Waals surface area contributed by atoms with Crippen molar-refractivity contribution in [2.45, 2.75) is 39.4 Å². The average Bonchev–Trinajstić information content (AvgIpc) is 2.34. The van der Waals surface area contributed by atoms with Crippen molar-refractivity contribution >= 4 is 8.07 Å². The van der Waals surface area contributed by atoms with Crippen LogP contribution in [0.2, 0.25) is 19.6 Å². The molecule has 0 aliphatic carbocycles. The third-order valence-electron chi connectivity index (χ3n) is 1.74. The molecule has 0 nitrogen and oxygen atoms in total. The predicted molar refractivity (Wildman–Crippen MR) is 89.0 cm³/mol. The lowest BCUT2D eigenvalue weighted by Crippen LogP contribution is -2.16. The lowest BCUT2D eigenvalue weighted by molar-refractivity contribution is 0.983. The molecule has 0 saturated heterocycles. The fourth-order valence-corrected chi connectivity index (χ4v) is 1.42. The van der Waals surface area contributed by atoms with Gasteiger partial charge in [-0.05, 0) is 30.4 Å². The second-order valence-corrected chi connectivity index (χ2v) is 9.69. The maximum Gasteiger partial charge on any atom is 0.129 e. The molecule has 0 atom stereocenters. The Hall–Kier alpha value is -1.88. The molecule has 0 aromatic carbocycles. The highest BCUT2D eigenvalue weighted by Gasteiger charge is 2.06. The largest absolute Gasteiger partial charge is 0.129 e. The molecule has 0 aromatic heterocycles. The van der Waals surface area contributed by atoms with Gasteiger partial charge in [-0.15, -0.1) is 5.54 Å². The van der Waals surface area contributed by atoms with Gasteiger partial charge in [0, 0.05) is 6.42 Å². The topological polar surface area (TPSA) is 0 Å². The molecule has 1 heteroatoms. The van der Waals surface area contributed by atoms with Crippen LogP contribution in [0.1, 0.15) is 19.8 Å². The van der Waals surface area contributed by atoms with Gasteiger partial charge in [-0.3, -0.25) is 0 Å². The van der Waals surface area contributed by atoms with E-state index in [1.54, 1.807) is 6.08 Å². The van der Waals surface area contributed by atoms with Gasteiger partial charge in [-0.2, -0.15) is 0 Å². The lowest BCUT2D eigenvalue weighted by atomic mass is 10.3. The summed E-state index contributed by atoms with van der Waals surface area (Å²) in [5, 5.41) is 0. The first-order valence-electron chi connectivity index (χ1n) is 6.55. The molecule has 0 fully saturated rings. The maximum absolute atomic E-state index is 3.27. The van der Waals surface area contributed by atoms with Crippen LogP contribution in [0.3, 0.4) is 0 Å². The molecule has 0 unspecified atom stereocenters. The average molecular weight is 266 g/mol. The Labute approximate surface area is 119 Å². The van der Waals surface area contributed by atoms with Gasteiger partial charge in [0.15, 0.2) is 0 Å². The maximum atomic E-state index is 3.27. The number of allylic oxidation sites excluding steroid dienone is 6. The van der Waals surface area contributed by atoms with Gasteiger partial charge in [-0.1, -0.05) is 68.6 Å². The highest BCUT2D eigenvalue weighted by atomic mass is 28.3. The molecule has 0 heterocycles. The van der Waals surface area contributed by atoms with Crippen molar-refractivity contribution in [2.24, 2.45) is 0 Å². The number of rotatable bonds is 3. The summed E-state index contributed by atoms with van der Waals surface area (Å²) in [6, 6.07) is 0. The minimum atomic E-state index is -1.24. The van der Waals surface area contributed by atoms with E-state index in [4.69, 9.17) is 0 Å². The van der Waals surface area contributed by atoms with Crippen molar-refractivity contribution in [2.75, 3.05) is 0 Å². The molecule has 0 saturated carbocycles. The molecule has 0 aliphatic rings. The summed E-state index contributed by atoms with van der Waals surface area (Å²) in [5.74, 6) is 14.5.